The number of rotatable bonds is 4. The van der Waals surface area contributed by atoms with Gasteiger partial charge < -0.3 is 15.9 Å². The third-order valence-electron chi connectivity index (χ3n) is 3.02. The number of aliphatic carboxylic acids is 2. The van der Waals surface area contributed by atoms with Crippen molar-refractivity contribution in [2.75, 3.05) is 0 Å². The lowest BCUT2D eigenvalue weighted by Crippen LogP contribution is -2.25. The molecular formula is C14H11NO5. The molecule has 0 spiro atoms. The third-order valence-corrected chi connectivity index (χ3v) is 3.02. The van der Waals surface area contributed by atoms with E-state index in [0.717, 1.165) is 0 Å². The minimum atomic E-state index is -1.84. The molecule has 2 rings (SSSR count). The van der Waals surface area contributed by atoms with Gasteiger partial charge >= 0.3 is 11.9 Å². The second kappa shape index (κ2) is 5.00. The summed E-state index contributed by atoms with van der Waals surface area (Å²) in [7, 11) is 0. The maximum atomic E-state index is 11.5. The number of carboxylic acids is 2. The molecule has 0 aromatic heterocycles. The number of primary amides is 1. The third kappa shape index (κ3) is 2.18. The van der Waals surface area contributed by atoms with Crippen LogP contribution in [0.4, 0.5) is 0 Å². The second-order valence-corrected chi connectivity index (χ2v) is 4.22. The number of amides is 1. The Hall–Kier alpha value is -2.89. The van der Waals surface area contributed by atoms with Gasteiger partial charge in [-0.3, -0.25) is 14.4 Å². The molecular weight excluding hydrogens is 262 g/mol. The Morgan fingerprint density at radius 3 is 2.10 bits per heavy atom. The second-order valence-electron chi connectivity index (χ2n) is 4.22. The molecule has 6 nitrogen and oxygen atoms in total. The van der Waals surface area contributed by atoms with Crippen LogP contribution in [0.15, 0.2) is 36.4 Å². The number of hydrogen-bond acceptors (Lipinski definition) is 3. The van der Waals surface area contributed by atoms with Crippen LogP contribution < -0.4 is 5.73 Å². The Kier molecular flexibility index (Phi) is 3.39. The van der Waals surface area contributed by atoms with Crippen molar-refractivity contribution in [1.82, 2.24) is 0 Å². The quantitative estimate of drug-likeness (QED) is 0.723. The van der Waals surface area contributed by atoms with Crippen molar-refractivity contribution in [3.8, 4) is 0 Å². The molecule has 0 saturated carbocycles. The summed E-state index contributed by atoms with van der Waals surface area (Å²) in [6.45, 7) is 0. The van der Waals surface area contributed by atoms with Crippen LogP contribution in [0.25, 0.3) is 10.8 Å². The molecule has 0 aliphatic rings. The van der Waals surface area contributed by atoms with E-state index in [2.05, 4.69) is 0 Å². The van der Waals surface area contributed by atoms with Gasteiger partial charge in [-0.05, 0) is 22.4 Å². The highest BCUT2D eigenvalue weighted by Crippen LogP contribution is 2.30. The van der Waals surface area contributed by atoms with Crippen LogP contribution in [-0.2, 0) is 9.59 Å². The SMILES string of the molecule is NC(=O)c1ccc2ccccc2c1C(C(=O)O)C(=O)O. The summed E-state index contributed by atoms with van der Waals surface area (Å²) in [5.74, 6) is -5.80. The molecule has 0 aliphatic carbocycles. The predicted octanol–water partition coefficient (Wildman–Crippen LogP) is 1.19. The number of fused-ring (bicyclic) bond motifs is 1. The Bertz CT molecular complexity index is 709. The zero-order valence-electron chi connectivity index (χ0n) is 10.2. The van der Waals surface area contributed by atoms with Crippen LogP contribution in [0, 0.1) is 0 Å². The average Bonchev–Trinajstić information content (AvgIpc) is 2.37. The van der Waals surface area contributed by atoms with Crippen LogP contribution >= 0.6 is 0 Å². The number of nitrogens with two attached hydrogens (primary N) is 1. The fourth-order valence-corrected chi connectivity index (χ4v) is 2.17. The summed E-state index contributed by atoms with van der Waals surface area (Å²) in [6, 6.07) is 9.57. The van der Waals surface area contributed by atoms with Crippen molar-refractivity contribution in [2.24, 2.45) is 5.73 Å². The highest BCUT2D eigenvalue weighted by atomic mass is 16.4. The van der Waals surface area contributed by atoms with Gasteiger partial charge in [-0.25, -0.2) is 0 Å². The van der Waals surface area contributed by atoms with Gasteiger partial charge in [0.2, 0.25) is 5.91 Å². The van der Waals surface area contributed by atoms with Crippen molar-refractivity contribution >= 4 is 28.6 Å². The van der Waals surface area contributed by atoms with Gasteiger partial charge in [-0.1, -0.05) is 30.3 Å². The van der Waals surface area contributed by atoms with Crippen molar-refractivity contribution in [3.63, 3.8) is 0 Å². The topological polar surface area (TPSA) is 118 Å². The number of hydrogen-bond donors (Lipinski definition) is 3. The highest BCUT2D eigenvalue weighted by Gasteiger charge is 2.32. The molecule has 0 saturated heterocycles. The number of benzene rings is 2. The van der Waals surface area contributed by atoms with E-state index in [0.29, 0.717) is 10.8 Å². The highest BCUT2D eigenvalue weighted by molar-refractivity contribution is 6.09. The first-order chi connectivity index (χ1) is 9.43. The Morgan fingerprint density at radius 2 is 1.55 bits per heavy atom. The first-order valence-electron chi connectivity index (χ1n) is 5.70. The van der Waals surface area contributed by atoms with Crippen LogP contribution in [0.3, 0.4) is 0 Å². The van der Waals surface area contributed by atoms with Crippen molar-refractivity contribution in [2.45, 2.75) is 5.92 Å². The zero-order valence-corrected chi connectivity index (χ0v) is 10.2. The lowest BCUT2D eigenvalue weighted by atomic mass is 9.88. The predicted molar refractivity (Wildman–Crippen MR) is 70.5 cm³/mol. The monoisotopic (exact) mass is 273 g/mol. The van der Waals surface area contributed by atoms with Gasteiger partial charge in [0.1, 0.15) is 0 Å². The summed E-state index contributed by atoms with van der Waals surface area (Å²) < 4.78 is 0. The number of carbonyl (C=O) groups is 3. The summed E-state index contributed by atoms with van der Waals surface area (Å²) in [5.41, 5.74) is 5.03. The lowest BCUT2D eigenvalue weighted by Gasteiger charge is -2.14. The van der Waals surface area contributed by atoms with Gasteiger partial charge in [-0.15, -0.1) is 0 Å². The van der Waals surface area contributed by atoms with Gasteiger partial charge in [0.25, 0.3) is 0 Å². The summed E-state index contributed by atoms with van der Waals surface area (Å²) in [5, 5.41) is 19.3. The van der Waals surface area contributed by atoms with Crippen LogP contribution in [0.1, 0.15) is 21.8 Å². The van der Waals surface area contributed by atoms with E-state index in [1.807, 2.05) is 0 Å². The Morgan fingerprint density at radius 1 is 0.950 bits per heavy atom. The smallest absolute Gasteiger partial charge is 0.322 e. The molecule has 0 bridgehead atoms. The lowest BCUT2D eigenvalue weighted by molar-refractivity contribution is -0.149. The van der Waals surface area contributed by atoms with Crippen molar-refractivity contribution in [3.05, 3.63) is 47.5 Å². The maximum absolute atomic E-state index is 11.5. The Balaban J connectivity index is 2.88. The first-order valence-corrected chi connectivity index (χ1v) is 5.70. The van der Waals surface area contributed by atoms with Crippen molar-refractivity contribution < 1.29 is 24.6 Å². The average molecular weight is 273 g/mol. The fourth-order valence-electron chi connectivity index (χ4n) is 2.17. The molecule has 6 heteroatoms. The molecule has 0 atom stereocenters. The molecule has 0 radical (unpaired) electrons. The van der Waals surface area contributed by atoms with Crippen LogP contribution in [0.2, 0.25) is 0 Å². The number of carbonyl (C=O) groups excluding carboxylic acids is 1. The minimum absolute atomic E-state index is 0.0874. The minimum Gasteiger partial charge on any atom is -0.480 e. The maximum Gasteiger partial charge on any atom is 0.322 e. The molecule has 4 N–H and O–H groups in total. The van der Waals surface area contributed by atoms with Crippen LogP contribution in [-0.4, -0.2) is 28.1 Å². The Labute approximate surface area is 113 Å². The molecule has 2 aromatic rings. The molecule has 0 aliphatic heterocycles. The summed E-state index contributed by atoms with van der Waals surface area (Å²) in [4.78, 5) is 33.9. The van der Waals surface area contributed by atoms with Gasteiger partial charge in [0.05, 0.1) is 0 Å². The van der Waals surface area contributed by atoms with Gasteiger partial charge in [0.15, 0.2) is 5.92 Å². The molecule has 102 valence electrons. The van der Waals surface area contributed by atoms with E-state index in [4.69, 9.17) is 15.9 Å². The molecule has 1 amide bonds. The summed E-state index contributed by atoms with van der Waals surface area (Å²) in [6.07, 6.45) is 0. The molecule has 0 fully saturated rings. The molecule has 2 aromatic carbocycles. The normalized spacial score (nSPS) is 10.7. The molecule has 0 unspecified atom stereocenters. The van der Waals surface area contributed by atoms with Gasteiger partial charge in [0, 0.05) is 5.56 Å². The van der Waals surface area contributed by atoms with E-state index >= 15 is 0 Å². The van der Waals surface area contributed by atoms with Crippen molar-refractivity contribution in [1.29, 1.82) is 0 Å². The number of carboxylic acid groups (broad SMARTS) is 2. The zero-order chi connectivity index (χ0) is 14.9. The summed E-state index contributed by atoms with van der Waals surface area (Å²) >= 11 is 0. The van der Waals surface area contributed by atoms with E-state index in [1.54, 1.807) is 30.3 Å². The fraction of sp³-hybridized carbons (Fsp3) is 0.0714. The van der Waals surface area contributed by atoms with E-state index in [-0.39, 0.29) is 11.1 Å². The van der Waals surface area contributed by atoms with Crippen LogP contribution in [0.5, 0.6) is 0 Å². The largest absolute Gasteiger partial charge is 0.480 e. The molecule has 20 heavy (non-hydrogen) atoms. The first kappa shape index (κ1) is 13.5. The van der Waals surface area contributed by atoms with E-state index < -0.39 is 23.8 Å². The van der Waals surface area contributed by atoms with Gasteiger partial charge in [-0.2, -0.15) is 0 Å². The van der Waals surface area contributed by atoms with E-state index in [9.17, 15) is 14.4 Å². The standard InChI is InChI=1S/C14H11NO5/c15-12(16)9-6-5-7-3-1-2-4-8(7)10(9)11(13(17)18)14(19)20/h1-6,11H,(H2,15,16)(H,17,18)(H,19,20). The van der Waals surface area contributed by atoms with E-state index in [1.165, 1.54) is 6.07 Å². The molecule has 0 heterocycles.